The molecular weight excluding hydrogens is 496 g/mol. The molecule has 1 saturated heterocycles. The van der Waals surface area contributed by atoms with Crippen LogP contribution in [0.2, 0.25) is 0 Å². The number of likely N-dealkylation sites (tertiary alicyclic amines) is 1. The predicted octanol–water partition coefficient (Wildman–Crippen LogP) is 4.59. The first kappa shape index (κ1) is 22.6. The Morgan fingerprint density at radius 2 is 2.12 bits per heavy atom. The van der Waals surface area contributed by atoms with Gasteiger partial charge in [0.25, 0.3) is 0 Å². The van der Waals surface area contributed by atoms with Gasteiger partial charge in [0.1, 0.15) is 5.82 Å². The lowest BCUT2D eigenvalue weighted by Gasteiger charge is -2.32. The van der Waals surface area contributed by atoms with Crippen molar-refractivity contribution in [3.8, 4) is 11.5 Å². The summed E-state index contributed by atoms with van der Waals surface area (Å²) in [5.41, 5.74) is 4.10. The summed E-state index contributed by atoms with van der Waals surface area (Å²) < 4.78 is 7.99. The van der Waals surface area contributed by atoms with Crippen molar-refractivity contribution in [2.24, 2.45) is 0 Å². The second kappa shape index (κ2) is 9.99. The second-order valence-corrected chi connectivity index (χ2v) is 9.44. The van der Waals surface area contributed by atoms with Gasteiger partial charge < -0.3 is 15.2 Å². The van der Waals surface area contributed by atoms with Crippen LogP contribution < -0.4 is 10.1 Å². The average molecular weight is 523 g/mol. The summed E-state index contributed by atoms with van der Waals surface area (Å²) >= 11 is 3.60. The maximum absolute atomic E-state index is 9.90. The molecule has 4 aromatic rings. The van der Waals surface area contributed by atoms with E-state index < -0.39 is 0 Å². The Kier molecular flexibility index (Phi) is 6.64. The second-order valence-electron chi connectivity index (χ2n) is 8.59. The zero-order chi connectivity index (χ0) is 23.5. The number of hydrogen-bond acceptors (Lipinski definition) is 7. The molecular formula is C25H27BrN6O2. The number of hydrogen-bond donors (Lipinski definition) is 2. The van der Waals surface area contributed by atoms with Gasteiger partial charge in [-0.25, -0.2) is 4.98 Å². The third kappa shape index (κ3) is 4.85. The molecule has 9 heteroatoms. The Bertz CT molecular complexity index is 1280. The monoisotopic (exact) mass is 522 g/mol. The van der Waals surface area contributed by atoms with Crippen LogP contribution in [-0.2, 0) is 13.1 Å². The first-order chi connectivity index (χ1) is 16.6. The normalized spacial score (nSPS) is 16.6. The van der Waals surface area contributed by atoms with Crippen LogP contribution in [0.15, 0.2) is 59.5 Å². The maximum Gasteiger partial charge on any atom is 0.171 e. The highest BCUT2D eigenvalue weighted by Gasteiger charge is 2.24. The van der Waals surface area contributed by atoms with Crippen LogP contribution in [0.3, 0.4) is 0 Å². The smallest absolute Gasteiger partial charge is 0.171 e. The van der Waals surface area contributed by atoms with Gasteiger partial charge in [-0.05, 0) is 64.6 Å². The first-order valence-electron chi connectivity index (χ1n) is 11.4. The van der Waals surface area contributed by atoms with Crippen LogP contribution in [0.4, 0.5) is 5.82 Å². The Morgan fingerprint density at radius 3 is 2.94 bits per heavy atom. The Balaban J connectivity index is 1.37. The van der Waals surface area contributed by atoms with Crippen molar-refractivity contribution in [3.05, 3.63) is 76.3 Å². The highest BCUT2D eigenvalue weighted by atomic mass is 79.9. The molecule has 0 amide bonds. The number of halogens is 1. The molecule has 0 bridgehead atoms. The number of piperidine rings is 1. The number of benzene rings is 1. The molecule has 5 rings (SSSR count). The molecule has 1 atom stereocenters. The molecule has 1 aromatic carbocycles. The summed E-state index contributed by atoms with van der Waals surface area (Å²) in [7, 11) is 1.58. The van der Waals surface area contributed by atoms with Gasteiger partial charge in [-0.2, -0.15) is 9.61 Å². The molecule has 2 N–H and O–H groups in total. The van der Waals surface area contributed by atoms with E-state index in [1.165, 1.54) is 0 Å². The summed E-state index contributed by atoms with van der Waals surface area (Å²) in [6, 6.07) is 11.7. The van der Waals surface area contributed by atoms with Crippen molar-refractivity contribution in [2.75, 3.05) is 25.5 Å². The van der Waals surface area contributed by atoms with Crippen LogP contribution >= 0.6 is 15.9 Å². The molecule has 8 nitrogen and oxygen atoms in total. The number of aromatic nitrogens is 4. The van der Waals surface area contributed by atoms with Gasteiger partial charge in [-0.1, -0.05) is 12.1 Å². The first-order valence-corrected chi connectivity index (χ1v) is 12.1. The fourth-order valence-electron chi connectivity index (χ4n) is 4.50. The third-order valence-electron chi connectivity index (χ3n) is 6.22. The van der Waals surface area contributed by atoms with E-state index in [1.807, 2.05) is 28.9 Å². The number of pyridine rings is 1. The van der Waals surface area contributed by atoms with Gasteiger partial charge in [-0.3, -0.25) is 9.88 Å². The molecule has 0 aliphatic carbocycles. The summed E-state index contributed by atoms with van der Waals surface area (Å²) in [5.74, 6) is 1.90. The Labute approximate surface area is 206 Å². The number of anilines is 1. The average Bonchev–Trinajstić information content (AvgIpc) is 3.25. The number of nitrogens with zero attached hydrogens (tertiary/aromatic N) is 5. The molecule has 176 valence electrons. The molecule has 1 aliphatic heterocycles. The Morgan fingerprint density at radius 1 is 1.21 bits per heavy atom. The van der Waals surface area contributed by atoms with Crippen LogP contribution in [-0.4, -0.2) is 49.8 Å². The van der Waals surface area contributed by atoms with Crippen molar-refractivity contribution < 1.29 is 9.84 Å². The van der Waals surface area contributed by atoms with E-state index in [4.69, 9.17) is 9.72 Å². The molecule has 1 unspecified atom stereocenters. The highest BCUT2D eigenvalue weighted by Crippen LogP contribution is 2.32. The van der Waals surface area contributed by atoms with Gasteiger partial charge in [0.05, 0.1) is 23.5 Å². The lowest BCUT2D eigenvalue weighted by atomic mass is 9.94. The van der Waals surface area contributed by atoms with Crippen LogP contribution in [0.5, 0.6) is 11.5 Å². The van der Waals surface area contributed by atoms with Gasteiger partial charge >= 0.3 is 0 Å². The van der Waals surface area contributed by atoms with Crippen molar-refractivity contribution in [1.29, 1.82) is 0 Å². The molecule has 3 aromatic heterocycles. The molecule has 4 heterocycles. The predicted molar refractivity (Wildman–Crippen MR) is 134 cm³/mol. The van der Waals surface area contributed by atoms with Crippen LogP contribution in [0.1, 0.15) is 35.6 Å². The quantitative estimate of drug-likeness (QED) is 0.366. The molecule has 0 saturated carbocycles. The zero-order valence-electron chi connectivity index (χ0n) is 19.0. The number of rotatable bonds is 7. The summed E-state index contributed by atoms with van der Waals surface area (Å²) in [5, 5.41) is 17.9. The van der Waals surface area contributed by atoms with E-state index in [2.05, 4.69) is 48.4 Å². The van der Waals surface area contributed by atoms with E-state index in [9.17, 15) is 5.11 Å². The lowest BCUT2D eigenvalue weighted by molar-refractivity contribution is 0.198. The van der Waals surface area contributed by atoms with Crippen LogP contribution in [0.25, 0.3) is 5.65 Å². The third-order valence-corrected chi connectivity index (χ3v) is 6.78. The molecule has 0 spiro atoms. The van der Waals surface area contributed by atoms with Gasteiger partial charge in [0.2, 0.25) is 0 Å². The van der Waals surface area contributed by atoms with E-state index in [0.29, 0.717) is 18.2 Å². The minimum atomic E-state index is 0.165. The summed E-state index contributed by atoms with van der Waals surface area (Å²) in [6.07, 6.45) is 7.62. The zero-order valence-corrected chi connectivity index (χ0v) is 20.6. The number of phenols is 1. The Hall–Kier alpha value is -3.17. The number of methoxy groups -OCH3 is 1. The number of ether oxygens (including phenoxy) is 1. The van der Waals surface area contributed by atoms with E-state index in [1.54, 1.807) is 25.6 Å². The van der Waals surface area contributed by atoms with Crippen molar-refractivity contribution in [1.82, 2.24) is 24.5 Å². The lowest BCUT2D eigenvalue weighted by Crippen LogP contribution is -2.34. The number of aromatic hydroxyl groups is 1. The fourth-order valence-corrected chi connectivity index (χ4v) is 4.85. The van der Waals surface area contributed by atoms with Crippen LogP contribution in [0, 0.1) is 0 Å². The molecule has 1 aliphatic rings. The minimum Gasteiger partial charge on any atom is -0.504 e. The van der Waals surface area contributed by atoms with Gasteiger partial charge in [0.15, 0.2) is 17.1 Å². The number of phenolic OH excluding ortho intramolecular Hbond substituents is 1. The molecule has 34 heavy (non-hydrogen) atoms. The molecule has 1 fully saturated rings. The summed E-state index contributed by atoms with van der Waals surface area (Å²) in [4.78, 5) is 11.6. The van der Waals surface area contributed by atoms with Crippen molar-refractivity contribution in [3.63, 3.8) is 0 Å². The van der Waals surface area contributed by atoms with E-state index >= 15 is 0 Å². The highest BCUT2D eigenvalue weighted by molar-refractivity contribution is 9.10. The van der Waals surface area contributed by atoms with E-state index in [0.717, 1.165) is 65.2 Å². The van der Waals surface area contributed by atoms with Crippen molar-refractivity contribution in [2.45, 2.75) is 31.8 Å². The number of fused-ring (bicyclic) bond motifs is 1. The van der Waals surface area contributed by atoms with E-state index in [-0.39, 0.29) is 5.75 Å². The maximum atomic E-state index is 9.90. The van der Waals surface area contributed by atoms with Gasteiger partial charge in [0, 0.05) is 44.0 Å². The number of nitrogens with one attached hydrogen (secondary N) is 1. The molecule has 0 radical (unpaired) electrons. The summed E-state index contributed by atoms with van der Waals surface area (Å²) in [6.45, 7) is 3.41. The minimum absolute atomic E-state index is 0.165. The SMILES string of the molecule is COc1cc(CN2CCCC(c3cc(NCc4cccnc4)n4ncc(Br)c4n3)C2)ccc1O. The van der Waals surface area contributed by atoms with Gasteiger partial charge in [-0.15, -0.1) is 0 Å². The van der Waals surface area contributed by atoms with Crippen molar-refractivity contribution >= 4 is 27.4 Å². The standard InChI is InChI=1S/C25H27BrN6O2/c1-34-23-10-17(6-7-22(23)33)15-31-9-3-5-19(16-31)21-11-24(28-13-18-4-2-8-27-12-18)32-25(30-21)20(26)14-29-32/h2,4,6-8,10-12,14,19,28,33H,3,5,9,13,15-16H2,1H3. The fraction of sp³-hybridized carbons (Fsp3) is 0.320. The topological polar surface area (TPSA) is 87.8 Å². The largest absolute Gasteiger partial charge is 0.504 e.